The Morgan fingerprint density at radius 3 is 2.71 bits per heavy atom. The van der Waals surface area contributed by atoms with E-state index in [1.54, 1.807) is 49.8 Å². The molecule has 1 fully saturated rings. The summed E-state index contributed by atoms with van der Waals surface area (Å²) >= 11 is 0. The first-order valence-electron chi connectivity index (χ1n) is 12.2. The molecule has 1 aromatic carbocycles. The zero-order valence-electron chi connectivity index (χ0n) is 21.9. The zero-order chi connectivity index (χ0) is 27.0. The Balaban J connectivity index is 1.31. The van der Waals surface area contributed by atoms with Gasteiger partial charge in [0.15, 0.2) is 5.75 Å². The van der Waals surface area contributed by atoms with Crippen LogP contribution >= 0.6 is 0 Å². The second-order valence-corrected chi connectivity index (χ2v) is 10.1. The largest absolute Gasteiger partial charge is 0.491 e. The van der Waals surface area contributed by atoms with Crippen molar-refractivity contribution < 1.29 is 13.9 Å². The number of benzene rings is 1. The number of anilines is 4. The molecule has 0 aliphatic heterocycles. The number of halogens is 1. The molecule has 0 unspecified atom stereocenters. The summed E-state index contributed by atoms with van der Waals surface area (Å²) in [6.45, 7) is 4.38. The van der Waals surface area contributed by atoms with Crippen LogP contribution in [0.1, 0.15) is 20.3 Å². The third-order valence-electron chi connectivity index (χ3n) is 7.04. The molecular weight excluding hydrogens is 489 g/mol. The fourth-order valence-corrected chi connectivity index (χ4v) is 4.85. The van der Waals surface area contributed by atoms with Crippen LogP contribution < -0.4 is 25.7 Å². The number of nitrogens with one attached hydrogen (secondary N) is 3. The lowest BCUT2D eigenvalue weighted by Gasteiger charge is -2.53. The average Bonchev–Trinajstić information content (AvgIpc) is 2.88. The molecule has 11 heteroatoms. The van der Waals surface area contributed by atoms with Crippen molar-refractivity contribution in [2.75, 3.05) is 31.8 Å². The summed E-state index contributed by atoms with van der Waals surface area (Å²) in [6, 6.07) is 9.99. The van der Waals surface area contributed by atoms with E-state index in [1.807, 2.05) is 0 Å². The van der Waals surface area contributed by atoms with Gasteiger partial charge in [-0.05, 0) is 32.3 Å². The topological polar surface area (TPSA) is 117 Å². The van der Waals surface area contributed by atoms with E-state index in [0.717, 1.165) is 6.42 Å². The fraction of sp³-hybridized carbons (Fsp3) is 0.333. The number of aromatic nitrogens is 4. The minimum atomic E-state index is -0.491. The van der Waals surface area contributed by atoms with Crippen LogP contribution in [0.3, 0.4) is 0 Å². The van der Waals surface area contributed by atoms with E-state index in [0.29, 0.717) is 34.6 Å². The van der Waals surface area contributed by atoms with E-state index in [1.165, 1.54) is 6.07 Å². The van der Waals surface area contributed by atoms with Gasteiger partial charge in [0.05, 0.1) is 24.5 Å². The number of nitrogens with zero attached hydrogens (tertiary/aromatic N) is 4. The van der Waals surface area contributed by atoms with Crippen LogP contribution in [-0.4, -0.2) is 58.2 Å². The average molecular weight is 520 g/mol. The van der Waals surface area contributed by atoms with Crippen LogP contribution in [0.25, 0.3) is 10.9 Å². The molecular formula is C27H30FN7O3. The van der Waals surface area contributed by atoms with Crippen LogP contribution in [0.5, 0.6) is 11.6 Å². The van der Waals surface area contributed by atoms with Crippen molar-refractivity contribution in [3.05, 3.63) is 65.0 Å². The van der Waals surface area contributed by atoms with E-state index >= 15 is 0 Å². The molecule has 198 valence electrons. The summed E-state index contributed by atoms with van der Waals surface area (Å²) in [5.41, 5.74) is 0.500. The van der Waals surface area contributed by atoms with E-state index in [-0.39, 0.29) is 28.7 Å². The highest BCUT2D eigenvalue weighted by molar-refractivity contribution is 5.82. The fourth-order valence-electron chi connectivity index (χ4n) is 4.85. The molecule has 0 bridgehead atoms. The monoisotopic (exact) mass is 519 g/mol. The van der Waals surface area contributed by atoms with Gasteiger partial charge in [-0.1, -0.05) is 26.0 Å². The summed E-state index contributed by atoms with van der Waals surface area (Å²) < 4.78 is 25.7. The second kappa shape index (κ2) is 9.90. The number of ether oxygens (including phenoxy) is 2. The van der Waals surface area contributed by atoms with Crippen molar-refractivity contribution in [2.45, 2.75) is 32.4 Å². The minimum Gasteiger partial charge on any atom is -0.491 e. The van der Waals surface area contributed by atoms with Crippen molar-refractivity contribution >= 4 is 34.0 Å². The Bertz CT molecular complexity index is 1540. The second-order valence-electron chi connectivity index (χ2n) is 10.1. The lowest BCUT2D eigenvalue weighted by molar-refractivity contribution is -0.0945. The number of methoxy groups -OCH3 is 1. The standard InChI is InChI=1S/C27H30FN7O3/c1-27(2)20(35(3)4)13-21(27)38-25-19(37-5)12-16(14-30-25)31-26-29-10-9-22(33-26)32-18-11-15-7-6-8-17(28)23(15)34-24(18)36/h6-12,14,20-21H,13H2,1-5H3,(H,34,36)(H2,29,31,32,33)/t20-,21+/m0/s1. The Labute approximate surface area is 219 Å². The summed E-state index contributed by atoms with van der Waals surface area (Å²) in [6.07, 6.45) is 4.11. The van der Waals surface area contributed by atoms with Crippen molar-refractivity contribution in [2.24, 2.45) is 5.41 Å². The smallest absolute Gasteiger partial charge is 0.272 e. The minimum absolute atomic E-state index is 0.0185. The predicted octanol–water partition coefficient (Wildman–Crippen LogP) is 4.46. The van der Waals surface area contributed by atoms with Gasteiger partial charge >= 0.3 is 0 Å². The number of hydrogen-bond acceptors (Lipinski definition) is 9. The van der Waals surface area contributed by atoms with Crippen LogP contribution in [0.15, 0.2) is 53.6 Å². The van der Waals surface area contributed by atoms with E-state index in [4.69, 9.17) is 9.47 Å². The molecule has 2 atom stereocenters. The molecule has 3 N–H and O–H groups in total. The van der Waals surface area contributed by atoms with Crippen LogP contribution in [0, 0.1) is 11.2 Å². The van der Waals surface area contributed by atoms with E-state index in [9.17, 15) is 9.18 Å². The molecule has 1 aliphatic rings. The molecule has 3 aromatic heterocycles. The first-order chi connectivity index (χ1) is 18.2. The van der Waals surface area contributed by atoms with Gasteiger partial charge in [-0.15, -0.1) is 0 Å². The van der Waals surface area contributed by atoms with Crippen LogP contribution in [0.4, 0.5) is 27.5 Å². The number of aromatic amines is 1. The lowest BCUT2D eigenvalue weighted by atomic mass is 9.64. The number of hydrogen-bond donors (Lipinski definition) is 3. The van der Waals surface area contributed by atoms with Crippen molar-refractivity contribution in [1.82, 2.24) is 24.8 Å². The van der Waals surface area contributed by atoms with Gasteiger partial charge in [0.1, 0.15) is 23.4 Å². The van der Waals surface area contributed by atoms with E-state index in [2.05, 4.69) is 63.4 Å². The maximum atomic E-state index is 14.0. The van der Waals surface area contributed by atoms with Crippen LogP contribution in [-0.2, 0) is 0 Å². The zero-order valence-corrected chi connectivity index (χ0v) is 21.9. The summed E-state index contributed by atoms with van der Waals surface area (Å²) in [5.74, 6) is 1.09. The Morgan fingerprint density at radius 2 is 1.97 bits per heavy atom. The number of rotatable bonds is 8. The van der Waals surface area contributed by atoms with Crippen LogP contribution in [0.2, 0.25) is 0 Å². The van der Waals surface area contributed by atoms with Gasteiger partial charge in [-0.2, -0.15) is 4.98 Å². The van der Waals surface area contributed by atoms with Gasteiger partial charge < -0.3 is 30.0 Å². The summed E-state index contributed by atoms with van der Waals surface area (Å²) in [5, 5.41) is 6.63. The SMILES string of the molecule is COc1cc(Nc2nccc(Nc3cc4cccc(F)c4[nH]c3=O)n2)cnc1O[C@@H]1C[C@H](N(C)C)C1(C)C. The number of para-hydroxylation sites is 1. The van der Waals surface area contributed by atoms with Gasteiger partial charge in [0, 0.05) is 35.5 Å². The quantitative estimate of drug-likeness (QED) is 0.310. The Kier molecular flexibility index (Phi) is 6.62. The highest BCUT2D eigenvalue weighted by Gasteiger charge is 2.51. The highest BCUT2D eigenvalue weighted by Crippen LogP contribution is 2.46. The third kappa shape index (κ3) is 4.84. The Morgan fingerprint density at radius 1 is 1.16 bits per heavy atom. The summed E-state index contributed by atoms with van der Waals surface area (Å²) in [4.78, 5) is 30.4. The highest BCUT2D eigenvalue weighted by atomic mass is 19.1. The van der Waals surface area contributed by atoms with Crippen molar-refractivity contribution in [3.63, 3.8) is 0 Å². The van der Waals surface area contributed by atoms with Gasteiger partial charge in [-0.3, -0.25) is 4.79 Å². The van der Waals surface area contributed by atoms with Gasteiger partial charge in [-0.25, -0.2) is 14.4 Å². The predicted molar refractivity (Wildman–Crippen MR) is 144 cm³/mol. The van der Waals surface area contributed by atoms with E-state index < -0.39 is 11.4 Å². The lowest BCUT2D eigenvalue weighted by Crippen LogP contribution is -2.61. The summed E-state index contributed by atoms with van der Waals surface area (Å²) in [7, 11) is 5.72. The van der Waals surface area contributed by atoms with Crippen molar-refractivity contribution in [1.29, 1.82) is 0 Å². The molecule has 0 amide bonds. The normalized spacial score (nSPS) is 18.2. The molecule has 0 spiro atoms. The number of fused-ring (bicyclic) bond motifs is 1. The number of pyridine rings is 2. The molecule has 1 aliphatic carbocycles. The Hall–Kier alpha value is -4.25. The van der Waals surface area contributed by atoms with Crippen molar-refractivity contribution in [3.8, 4) is 11.6 Å². The molecule has 38 heavy (non-hydrogen) atoms. The van der Waals surface area contributed by atoms with Gasteiger partial charge in [0.2, 0.25) is 5.95 Å². The molecule has 3 heterocycles. The maximum Gasteiger partial charge on any atom is 0.272 e. The number of H-pyrrole nitrogens is 1. The van der Waals surface area contributed by atoms with Gasteiger partial charge in [0.25, 0.3) is 11.4 Å². The first kappa shape index (κ1) is 25.4. The molecule has 0 radical (unpaired) electrons. The molecule has 1 saturated carbocycles. The molecule has 5 rings (SSSR count). The maximum absolute atomic E-state index is 14.0. The molecule has 0 saturated heterocycles. The molecule has 4 aromatic rings. The first-order valence-corrected chi connectivity index (χ1v) is 12.2. The molecule has 10 nitrogen and oxygen atoms in total. The third-order valence-corrected chi connectivity index (χ3v) is 7.04.